The van der Waals surface area contributed by atoms with Crippen molar-refractivity contribution < 1.29 is 4.74 Å². The van der Waals surface area contributed by atoms with Crippen molar-refractivity contribution in [1.82, 2.24) is 10.2 Å². The van der Waals surface area contributed by atoms with Gasteiger partial charge in [-0.25, -0.2) is 0 Å². The van der Waals surface area contributed by atoms with Gasteiger partial charge in [0.25, 0.3) is 0 Å². The summed E-state index contributed by atoms with van der Waals surface area (Å²) in [5.74, 6) is 0.901. The summed E-state index contributed by atoms with van der Waals surface area (Å²) in [6.45, 7) is 3.57. The van der Waals surface area contributed by atoms with Crippen LogP contribution in [0.5, 0.6) is 0 Å². The van der Waals surface area contributed by atoms with Crippen LogP contribution in [-0.2, 0) is 4.74 Å². The Morgan fingerprint density at radius 2 is 1.82 bits per heavy atom. The van der Waals surface area contributed by atoms with E-state index in [1.807, 2.05) is 0 Å². The van der Waals surface area contributed by atoms with Crippen LogP contribution in [0.25, 0.3) is 0 Å². The first-order chi connectivity index (χ1) is 8.40. The van der Waals surface area contributed by atoms with Crippen LogP contribution in [-0.4, -0.2) is 48.8 Å². The molecule has 2 aliphatic heterocycles. The predicted molar refractivity (Wildman–Crippen MR) is 67.0 cm³/mol. The highest BCUT2D eigenvalue weighted by atomic mass is 16.5. The number of ether oxygens (including phenoxy) is 1. The van der Waals surface area contributed by atoms with Gasteiger partial charge in [0.05, 0.1) is 6.10 Å². The van der Waals surface area contributed by atoms with E-state index in [4.69, 9.17) is 4.74 Å². The average molecular weight is 236 g/mol. The van der Waals surface area contributed by atoms with Gasteiger partial charge in [0.1, 0.15) is 0 Å². The van der Waals surface area contributed by atoms with Gasteiger partial charge in [-0.2, -0.15) is 0 Å². The molecule has 2 saturated heterocycles. The molecule has 4 rings (SSSR count). The summed E-state index contributed by atoms with van der Waals surface area (Å²) in [4.78, 5) is 2.72. The van der Waals surface area contributed by atoms with Crippen molar-refractivity contribution in [2.45, 2.75) is 62.8 Å². The lowest BCUT2D eigenvalue weighted by molar-refractivity contribution is 0.0525. The topological polar surface area (TPSA) is 24.5 Å². The zero-order chi connectivity index (χ0) is 11.2. The second kappa shape index (κ2) is 4.22. The van der Waals surface area contributed by atoms with Crippen LogP contribution in [0.2, 0.25) is 0 Å². The first kappa shape index (κ1) is 10.8. The van der Waals surface area contributed by atoms with Crippen LogP contribution in [0.3, 0.4) is 0 Å². The molecule has 0 bridgehead atoms. The molecule has 96 valence electrons. The van der Waals surface area contributed by atoms with Crippen LogP contribution in [0.15, 0.2) is 0 Å². The summed E-state index contributed by atoms with van der Waals surface area (Å²) in [5.41, 5.74) is 0. The molecule has 4 fully saturated rings. The maximum atomic E-state index is 5.97. The molecule has 0 aromatic heterocycles. The minimum atomic E-state index is 0.578. The highest BCUT2D eigenvalue weighted by Crippen LogP contribution is 2.41. The Balaban J connectivity index is 1.35. The molecule has 3 heteroatoms. The molecule has 2 aliphatic carbocycles. The molecule has 3 unspecified atom stereocenters. The number of nitrogens with one attached hydrogen (secondary N) is 1. The summed E-state index contributed by atoms with van der Waals surface area (Å²) in [7, 11) is 0. The zero-order valence-corrected chi connectivity index (χ0v) is 10.6. The number of likely N-dealkylation sites (tertiary alicyclic amines) is 1. The monoisotopic (exact) mass is 236 g/mol. The average Bonchev–Trinajstić information content (AvgIpc) is 3.23. The third kappa shape index (κ3) is 2.25. The Kier molecular flexibility index (Phi) is 2.67. The van der Waals surface area contributed by atoms with Crippen molar-refractivity contribution in [3.63, 3.8) is 0 Å². The van der Waals surface area contributed by atoms with Crippen LogP contribution < -0.4 is 5.32 Å². The number of hydrogen-bond acceptors (Lipinski definition) is 3. The lowest BCUT2D eigenvalue weighted by Gasteiger charge is -2.28. The molecule has 17 heavy (non-hydrogen) atoms. The second-order valence-corrected chi connectivity index (χ2v) is 6.45. The molecule has 2 heterocycles. The van der Waals surface area contributed by atoms with E-state index >= 15 is 0 Å². The first-order valence-electron chi connectivity index (χ1n) is 7.52. The Hall–Kier alpha value is -0.120. The molecule has 1 N–H and O–H groups in total. The van der Waals surface area contributed by atoms with E-state index in [2.05, 4.69) is 10.2 Å². The maximum absolute atomic E-state index is 5.97. The van der Waals surface area contributed by atoms with E-state index in [-0.39, 0.29) is 0 Å². The SMILES string of the molecule is C1CC(N2CCC(NC3CC3)C2)C(C2CC2)O1. The Bertz CT molecular complexity index is 288. The van der Waals surface area contributed by atoms with E-state index < -0.39 is 0 Å². The van der Waals surface area contributed by atoms with Crippen molar-refractivity contribution in [3.8, 4) is 0 Å². The molecule has 0 amide bonds. The third-order valence-corrected chi connectivity index (χ3v) is 4.93. The molecule has 0 radical (unpaired) electrons. The van der Waals surface area contributed by atoms with Crippen molar-refractivity contribution in [1.29, 1.82) is 0 Å². The van der Waals surface area contributed by atoms with Gasteiger partial charge in [0.2, 0.25) is 0 Å². The molecule has 0 aromatic carbocycles. The molecule has 3 atom stereocenters. The number of nitrogens with zero attached hydrogens (tertiary/aromatic N) is 1. The highest BCUT2D eigenvalue weighted by molar-refractivity contribution is 4.98. The van der Waals surface area contributed by atoms with Gasteiger partial charge in [0.15, 0.2) is 0 Å². The molecule has 0 spiro atoms. The van der Waals surface area contributed by atoms with E-state index in [9.17, 15) is 0 Å². The first-order valence-corrected chi connectivity index (χ1v) is 7.52. The van der Waals surface area contributed by atoms with Crippen LogP contribution in [0, 0.1) is 5.92 Å². The summed E-state index contributed by atoms with van der Waals surface area (Å²) in [6.07, 6.45) is 8.86. The Labute approximate surface area is 104 Å². The fourth-order valence-corrected chi connectivity index (χ4v) is 3.67. The van der Waals surface area contributed by atoms with Crippen molar-refractivity contribution in [3.05, 3.63) is 0 Å². The lowest BCUT2D eigenvalue weighted by atomic mass is 10.1. The minimum absolute atomic E-state index is 0.578. The quantitative estimate of drug-likeness (QED) is 0.798. The van der Waals surface area contributed by atoms with E-state index in [0.717, 1.165) is 30.7 Å². The second-order valence-electron chi connectivity index (χ2n) is 6.45. The van der Waals surface area contributed by atoms with Gasteiger partial charge in [0, 0.05) is 37.8 Å². The maximum Gasteiger partial charge on any atom is 0.0759 e. The van der Waals surface area contributed by atoms with E-state index in [1.54, 1.807) is 0 Å². The predicted octanol–water partition coefficient (Wildman–Crippen LogP) is 1.38. The van der Waals surface area contributed by atoms with Gasteiger partial charge in [-0.1, -0.05) is 0 Å². The minimum Gasteiger partial charge on any atom is -0.376 e. The van der Waals surface area contributed by atoms with E-state index in [1.165, 1.54) is 51.6 Å². The van der Waals surface area contributed by atoms with Gasteiger partial charge >= 0.3 is 0 Å². The van der Waals surface area contributed by atoms with Crippen LogP contribution >= 0.6 is 0 Å². The number of rotatable bonds is 4. The third-order valence-electron chi connectivity index (χ3n) is 4.93. The molecule has 3 nitrogen and oxygen atoms in total. The van der Waals surface area contributed by atoms with Gasteiger partial charge in [-0.05, 0) is 44.4 Å². The molecule has 2 saturated carbocycles. The van der Waals surface area contributed by atoms with Crippen LogP contribution in [0.1, 0.15) is 38.5 Å². The van der Waals surface area contributed by atoms with Gasteiger partial charge in [-0.15, -0.1) is 0 Å². The van der Waals surface area contributed by atoms with Gasteiger partial charge < -0.3 is 10.1 Å². The fraction of sp³-hybridized carbons (Fsp3) is 1.00. The number of hydrogen-bond donors (Lipinski definition) is 1. The summed E-state index contributed by atoms with van der Waals surface area (Å²) >= 11 is 0. The lowest BCUT2D eigenvalue weighted by Crippen LogP contribution is -2.42. The van der Waals surface area contributed by atoms with E-state index in [0.29, 0.717) is 6.10 Å². The van der Waals surface area contributed by atoms with Crippen LogP contribution in [0.4, 0.5) is 0 Å². The molecular formula is C14H24N2O. The Morgan fingerprint density at radius 3 is 2.59 bits per heavy atom. The molecule has 4 aliphatic rings. The Morgan fingerprint density at radius 1 is 0.941 bits per heavy atom. The van der Waals surface area contributed by atoms with Crippen molar-refractivity contribution >= 4 is 0 Å². The molecular weight excluding hydrogens is 212 g/mol. The van der Waals surface area contributed by atoms with Crippen molar-refractivity contribution in [2.75, 3.05) is 19.7 Å². The standard InChI is InChI=1S/C14H24N2O/c1-2-10(1)14-13(6-8-17-14)16-7-5-12(9-16)15-11-3-4-11/h10-15H,1-9H2. The van der Waals surface area contributed by atoms with Gasteiger partial charge in [-0.3, -0.25) is 4.90 Å². The largest absolute Gasteiger partial charge is 0.376 e. The van der Waals surface area contributed by atoms with Crippen molar-refractivity contribution in [2.24, 2.45) is 5.92 Å². The fourth-order valence-electron chi connectivity index (χ4n) is 3.67. The highest BCUT2D eigenvalue weighted by Gasteiger charge is 2.44. The normalized spacial score (nSPS) is 43.4. The summed E-state index contributed by atoms with van der Waals surface area (Å²) in [6, 6.07) is 2.37. The summed E-state index contributed by atoms with van der Waals surface area (Å²) in [5, 5.41) is 3.78. The molecule has 0 aromatic rings. The smallest absolute Gasteiger partial charge is 0.0759 e. The summed E-state index contributed by atoms with van der Waals surface area (Å²) < 4.78 is 5.97. The zero-order valence-electron chi connectivity index (χ0n) is 10.6.